The van der Waals surface area contributed by atoms with Gasteiger partial charge in [0.05, 0.1) is 0 Å². The van der Waals surface area contributed by atoms with E-state index < -0.39 is 0 Å². The molecule has 0 atom stereocenters. The van der Waals surface area contributed by atoms with E-state index in [0.717, 1.165) is 22.1 Å². The van der Waals surface area contributed by atoms with Crippen molar-refractivity contribution < 1.29 is 4.79 Å². The SMILES string of the molecule is CCCSc1nnc(NC(=O)c2ccccc2C)s1. The summed E-state index contributed by atoms with van der Waals surface area (Å²) in [5.74, 6) is 0.877. The molecule has 0 spiro atoms. The zero-order valence-corrected chi connectivity index (χ0v) is 12.5. The van der Waals surface area contributed by atoms with Gasteiger partial charge < -0.3 is 0 Å². The Balaban J connectivity index is 2.03. The maximum absolute atomic E-state index is 12.1. The molecule has 1 N–H and O–H groups in total. The fourth-order valence-electron chi connectivity index (χ4n) is 1.50. The molecule has 0 saturated heterocycles. The summed E-state index contributed by atoms with van der Waals surface area (Å²) in [4.78, 5) is 12.1. The average molecular weight is 293 g/mol. The topological polar surface area (TPSA) is 54.9 Å². The Morgan fingerprint density at radius 3 is 2.89 bits per heavy atom. The molecule has 4 nitrogen and oxygen atoms in total. The van der Waals surface area contributed by atoms with E-state index in [1.165, 1.54) is 11.3 Å². The number of benzene rings is 1. The van der Waals surface area contributed by atoms with Gasteiger partial charge in [-0.15, -0.1) is 10.2 Å². The van der Waals surface area contributed by atoms with E-state index in [1.807, 2.05) is 25.1 Å². The summed E-state index contributed by atoms with van der Waals surface area (Å²) in [6, 6.07) is 7.48. The Kier molecular flexibility index (Phi) is 4.93. The minimum atomic E-state index is -0.138. The highest BCUT2D eigenvalue weighted by atomic mass is 32.2. The second-order valence-corrected chi connectivity index (χ2v) is 6.31. The van der Waals surface area contributed by atoms with Crippen LogP contribution in [0.25, 0.3) is 0 Å². The second kappa shape index (κ2) is 6.68. The summed E-state index contributed by atoms with van der Waals surface area (Å²) in [6.45, 7) is 4.03. The Labute approximate surface area is 120 Å². The summed E-state index contributed by atoms with van der Waals surface area (Å²) in [6.07, 6.45) is 1.09. The van der Waals surface area contributed by atoms with Crippen LogP contribution < -0.4 is 5.32 Å². The number of amides is 1. The number of rotatable bonds is 5. The molecular weight excluding hydrogens is 278 g/mol. The lowest BCUT2D eigenvalue weighted by Crippen LogP contribution is -2.12. The molecule has 2 rings (SSSR count). The average Bonchev–Trinajstić information content (AvgIpc) is 2.84. The van der Waals surface area contributed by atoms with Crippen LogP contribution in [0.3, 0.4) is 0 Å². The summed E-state index contributed by atoms with van der Waals surface area (Å²) in [5.41, 5.74) is 1.62. The van der Waals surface area contributed by atoms with Crippen LogP contribution in [0.15, 0.2) is 28.6 Å². The Morgan fingerprint density at radius 1 is 1.37 bits per heavy atom. The highest BCUT2D eigenvalue weighted by Crippen LogP contribution is 2.26. The van der Waals surface area contributed by atoms with Crippen molar-refractivity contribution in [3.8, 4) is 0 Å². The lowest BCUT2D eigenvalue weighted by molar-refractivity contribution is 0.102. The molecule has 0 fully saturated rings. The Morgan fingerprint density at radius 2 is 2.16 bits per heavy atom. The van der Waals surface area contributed by atoms with Crippen LogP contribution in [0.1, 0.15) is 29.3 Å². The van der Waals surface area contributed by atoms with Gasteiger partial charge in [0.25, 0.3) is 5.91 Å². The molecule has 1 amide bonds. The molecule has 0 aliphatic carbocycles. The first kappa shape index (κ1) is 14.0. The molecule has 0 unspecified atom stereocenters. The first-order chi connectivity index (χ1) is 9.20. The van der Waals surface area contributed by atoms with E-state index in [0.29, 0.717) is 10.7 Å². The van der Waals surface area contributed by atoms with Crippen molar-refractivity contribution in [3.05, 3.63) is 35.4 Å². The second-order valence-electron chi connectivity index (χ2n) is 3.99. The molecule has 19 heavy (non-hydrogen) atoms. The highest BCUT2D eigenvalue weighted by molar-refractivity contribution is 8.01. The fraction of sp³-hybridized carbons (Fsp3) is 0.308. The zero-order valence-electron chi connectivity index (χ0n) is 10.8. The van der Waals surface area contributed by atoms with Crippen LogP contribution in [-0.4, -0.2) is 21.9 Å². The van der Waals surface area contributed by atoms with Crippen molar-refractivity contribution in [1.82, 2.24) is 10.2 Å². The van der Waals surface area contributed by atoms with Crippen molar-refractivity contribution in [1.29, 1.82) is 0 Å². The maximum Gasteiger partial charge on any atom is 0.257 e. The molecule has 0 aliphatic rings. The Hall–Kier alpha value is -1.40. The first-order valence-electron chi connectivity index (χ1n) is 6.04. The minimum Gasteiger partial charge on any atom is -0.296 e. The predicted octanol–water partition coefficient (Wildman–Crippen LogP) is 3.60. The molecule has 1 aromatic carbocycles. The van der Waals surface area contributed by atoms with Crippen LogP contribution in [-0.2, 0) is 0 Å². The number of aryl methyl sites for hydroxylation is 1. The van der Waals surface area contributed by atoms with Gasteiger partial charge in [-0.2, -0.15) is 0 Å². The van der Waals surface area contributed by atoms with Gasteiger partial charge in [-0.3, -0.25) is 10.1 Å². The van der Waals surface area contributed by atoms with Crippen LogP contribution in [0, 0.1) is 6.92 Å². The van der Waals surface area contributed by atoms with Gasteiger partial charge >= 0.3 is 0 Å². The van der Waals surface area contributed by atoms with E-state index in [1.54, 1.807) is 17.8 Å². The molecule has 2 aromatic rings. The summed E-state index contributed by atoms with van der Waals surface area (Å²) in [7, 11) is 0. The van der Waals surface area contributed by atoms with Crippen molar-refractivity contribution in [2.75, 3.05) is 11.1 Å². The van der Waals surface area contributed by atoms with E-state index in [4.69, 9.17) is 0 Å². The number of carbonyl (C=O) groups excluding carboxylic acids is 1. The molecule has 100 valence electrons. The van der Waals surface area contributed by atoms with Gasteiger partial charge in [-0.05, 0) is 25.0 Å². The van der Waals surface area contributed by atoms with E-state index >= 15 is 0 Å². The molecular formula is C13H15N3OS2. The number of aromatic nitrogens is 2. The van der Waals surface area contributed by atoms with Crippen LogP contribution >= 0.6 is 23.1 Å². The fourth-order valence-corrected chi connectivity index (χ4v) is 3.17. The van der Waals surface area contributed by atoms with Crippen LogP contribution in [0.2, 0.25) is 0 Å². The number of anilines is 1. The van der Waals surface area contributed by atoms with Crippen LogP contribution in [0.5, 0.6) is 0 Å². The molecule has 1 heterocycles. The largest absolute Gasteiger partial charge is 0.296 e. The highest BCUT2D eigenvalue weighted by Gasteiger charge is 2.11. The standard InChI is InChI=1S/C13H15N3OS2/c1-3-8-18-13-16-15-12(19-13)14-11(17)10-7-5-4-6-9(10)2/h4-7H,3,8H2,1-2H3,(H,14,15,17). The number of carbonyl (C=O) groups is 1. The normalized spacial score (nSPS) is 10.4. The molecule has 0 radical (unpaired) electrons. The number of thioether (sulfide) groups is 1. The van der Waals surface area contributed by atoms with E-state index in [-0.39, 0.29) is 5.91 Å². The lowest BCUT2D eigenvalue weighted by atomic mass is 10.1. The number of hydrogen-bond donors (Lipinski definition) is 1. The van der Waals surface area contributed by atoms with Crippen molar-refractivity contribution in [2.45, 2.75) is 24.6 Å². The minimum absolute atomic E-state index is 0.138. The third-order valence-corrected chi connectivity index (χ3v) is 4.62. The van der Waals surface area contributed by atoms with Crippen LogP contribution in [0.4, 0.5) is 5.13 Å². The molecule has 0 aliphatic heterocycles. The summed E-state index contributed by atoms with van der Waals surface area (Å²) in [5, 5.41) is 11.4. The van der Waals surface area contributed by atoms with Gasteiger partial charge in [0.2, 0.25) is 5.13 Å². The van der Waals surface area contributed by atoms with Gasteiger partial charge in [-0.25, -0.2) is 0 Å². The smallest absolute Gasteiger partial charge is 0.257 e. The molecule has 0 saturated carbocycles. The Bertz CT molecular complexity index is 569. The lowest BCUT2D eigenvalue weighted by Gasteiger charge is -2.03. The first-order valence-corrected chi connectivity index (χ1v) is 7.84. The summed E-state index contributed by atoms with van der Waals surface area (Å²) < 4.78 is 0.891. The number of nitrogens with one attached hydrogen (secondary N) is 1. The number of hydrogen-bond acceptors (Lipinski definition) is 5. The zero-order chi connectivity index (χ0) is 13.7. The van der Waals surface area contributed by atoms with Crippen molar-refractivity contribution >= 4 is 34.1 Å². The molecule has 0 bridgehead atoms. The number of nitrogens with zero attached hydrogens (tertiary/aromatic N) is 2. The molecule has 1 aromatic heterocycles. The molecule has 6 heteroatoms. The van der Waals surface area contributed by atoms with Gasteiger partial charge in [-0.1, -0.05) is 48.2 Å². The van der Waals surface area contributed by atoms with Gasteiger partial charge in [0, 0.05) is 11.3 Å². The van der Waals surface area contributed by atoms with Crippen molar-refractivity contribution in [2.24, 2.45) is 0 Å². The quantitative estimate of drug-likeness (QED) is 0.676. The van der Waals surface area contributed by atoms with Gasteiger partial charge in [0.1, 0.15) is 0 Å². The van der Waals surface area contributed by atoms with E-state index in [9.17, 15) is 4.79 Å². The predicted molar refractivity (Wildman–Crippen MR) is 80.1 cm³/mol. The maximum atomic E-state index is 12.1. The third kappa shape index (κ3) is 3.78. The third-order valence-electron chi connectivity index (χ3n) is 2.45. The van der Waals surface area contributed by atoms with E-state index in [2.05, 4.69) is 22.4 Å². The van der Waals surface area contributed by atoms with Crippen molar-refractivity contribution in [3.63, 3.8) is 0 Å². The monoisotopic (exact) mass is 293 g/mol. The summed E-state index contributed by atoms with van der Waals surface area (Å²) >= 11 is 3.07. The van der Waals surface area contributed by atoms with Gasteiger partial charge in [0.15, 0.2) is 4.34 Å².